The third kappa shape index (κ3) is 3.14. The molecule has 0 aliphatic rings. The number of benzene rings is 2. The van der Waals surface area contributed by atoms with E-state index < -0.39 is 33.2 Å². The molecule has 0 spiro atoms. The minimum absolute atomic E-state index is 0.242. The third-order valence-electron chi connectivity index (χ3n) is 2.55. The van der Waals surface area contributed by atoms with E-state index in [1.807, 2.05) is 10.8 Å². The predicted molar refractivity (Wildman–Crippen MR) is 68.3 cm³/mol. The van der Waals surface area contributed by atoms with Gasteiger partial charge in [0.2, 0.25) is 0 Å². The van der Waals surface area contributed by atoms with E-state index in [0.717, 1.165) is 12.1 Å². The molecule has 0 aromatic heterocycles. The average molecular weight is 312 g/mol. The van der Waals surface area contributed by atoms with E-state index in [2.05, 4.69) is 0 Å². The van der Waals surface area contributed by atoms with Crippen LogP contribution in [0.15, 0.2) is 41.3 Å². The number of anilines is 1. The van der Waals surface area contributed by atoms with Gasteiger partial charge in [-0.25, -0.2) is 21.6 Å². The van der Waals surface area contributed by atoms with Crippen molar-refractivity contribution in [2.75, 3.05) is 4.72 Å². The van der Waals surface area contributed by atoms with Gasteiger partial charge < -0.3 is 0 Å². The van der Waals surface area contributed by atoms with Gasteiger partial charge in [0.15, 0.2) is 11.6 Å². The molecule has 4 nitrogen and oxygen atoms in total. The standard InChI is InChI=1S/C13H7F3N2O2S/c14-10-5-12(16)13(6-11(10)15)18-21(19,20)9-3-1-8(7-17)2-4-9/h1-6,18H. The fourth-order valence-electron chi connectivity index (χ4n) is 1.51. The van der Waals surface area contributed by atoms with E-state index in [1.54, 1.807) is 0 Å². The average Bonchev–Trinajstić information content (AvgIpc) is 2.44. The summed E-state index contributed by atoms with van der Waals surface area (Å²) < 4.78 is 65.0. The second kappa shape index (κ2) is 5.46. The number of rotatable bonds is 3. The summed E-state index contributed by atoms with van der Waals surface area (Å²) in [5.41, 5.74) is -0.466. The molecular weight excluding hydrogens is 305 g/mol. The number of nitriles is 1. The molecule has 2 aromatic carbocycles. The Morgan fingerprint density at radius 1 is 0.952 bits per heavy atom. The van der Waals surface area contributed by atoms with E-state index in [9.17, 15) is 21.6 Å². The van der Waals surface area contributed by atoms with Crippen molar-refractivity contribution in [2.45, 2.75) is 4.90 Å². The van der Waals surface area contributed by atoms with E-state index >= 15 is 0 Å². The first-order chi connectivity index (χ1) is 9.83. The number of hydrogen-bond donors (Lipinski definition) is 1. The molecule has 0 saturated heterocycles. The normalized spacial score (nSPS) is 11.0. The van der Waals surface area contributed by atoms with Gasteiger partial charge in [0.1, 0.15) is 5.82 Å². The number of sulfonamides is 1. The number of halogens is 3. The summed E-state index contributed by atoms with van der Waals surface area (Å²) >= 11 is 0. The molecule has 2 aromatic rings. The Morgan fingerprint density at radius 3 is 2.10 bits per heavy atom. The van der Waals surface area contributed by atoms with Crippen LogP contribution >= 0.6 is 0 Å². The number of hydrogen-bond acceptors (Lipinski definition) is 3. The lowest BCUT2D eigenvalue weighted by atomic mass is 10.2. The summed E-state index contributed by atoms with van der Waals surface area (Å²) in [6.07, 6.45) is 0. The van der Waals surface area contributed by atoms with E-state index in [-0.39, 0.29) is 16.5 Å². The SMILES string of the molecule is N#Cc1ccc(S(=O)(=O)Nc2cc(F)c(F)cc2F)cc1. The lowest BCUT2D eigenvalue weighted by molar-refractivity contribution is 0.496. The highest BCUT2D eigenvalue weighted by Gasteiger charge is 2.18. The molecule has 0 saturated carbocycles. The second-order valence-electron chi connectivity index (χ2n) is 3.99. The molecule has 0 radical (unpaired) electrons. The first-order valence-electron chi connectivity index (χ1n) is 5.51. The fourth-order valence-corrected chi connectivity index (χ4v) is 2.57. The molecule has 0 heterocycles. The minimum atomic E-state index is -4.18. The molecule has 0 atom stereocenters. The molecule has 1 N–H and O–H groups in total. The summed E-state index contributed by atoms with van der Waals surface area (Å²) in [5.74, 6) is -4.05. The molecule has 8 heteroatoms. The van der Waals surface area contributed by atoms with E-state index in [4.69, 9.17) is 5.26 Å². The van der Waals surface area contributed by atoms with Crippen molar-refractivity contribution in [3.63, 3.8) is 0 Å². The van der Waals surface area contributed by atoms with Crippen molar-refractivity contribution in [1.29, 1.82) is 5.26 Å². The topological polar surface area (TPSA) is 70.0 Å². The number of nitrogens with one attached hydrogen (secondary N) is 1. The maximum atomic E-state index is 13.4. The third-order valence-corrected chi connectivity index (χ3v) is 3.93. The lowest BCUT2D eigenvalue weighted by Gasteiger charge is -2.09. The highest BCUT2D eigenvalue weighted by atomic mass is 32.2. The van der Waals surface area contributed by atoms with Crippen LogP contribution in [-0.2, 0) is 10.0 Å². The molecule has 0 fully saturated rings. The highest BCUT2D eigenvalue weighted by molar-refractivity contribution is 7.92. The van der Waals surface area contributed by atoms with Crippen LogP contribution < -0.4 is 4.72 Å². The largest absolute Gasteiger partial charge is 0.277 e. The Bertz CT molecular complexity index is 828. The lowest BCUT2D eigenvalue weighted by Crippen LogP contribution is -2.14. The van der Waals surface area contributed by atoms with Crippen LogP contribution in [0.4, 0.5) is 18.9 Å². The Morgan fingerprint density at radius 2 is 1.52 bits per heavy atom. The van der Waals surface area contributed by atoms with Crippen molar-refractivity contribution in [1.82, 2.24) is 0 Å². The van der Waals surface area contributed by atoms with Gasteiger partial charge in [0.25, 0.3) is 10.0 Å². The molecule has 0 aliphatic heterocycles. The molecule has 0 bridgehead atoms. The smallest absolute Gasteiger partial charge is 0.261 e. The molecule has 21 heavy (non-hydrogen) atoms. The molecule has 0 unspecified atom stereocenters. The first kappa shape index (κ1) is 14.9. The van der Waals surface area contributed by atoms with Crippen LogP contribution in [-0.4, -0.2) is 8.42 Å². The van der Waals surface area contributed by atoms with Crippen molar-refractivity contribution < 1.29 is 21.6 Å². The van der Waals surface area contributed by atoms with Crippen LogP contribution in [0.2, 0.25) is 0 Å². The molecule has 108 valence electrons. The monoisotopic (exact) mass is 312 g/mol. The van der Waals surface area contributed by atoms with Gasteiger partial charge >= 0.3 is 0 Å². The summed E-state index contributed by atoms with van der Waals surface area (Å²) in [7, 11) is -4.18. The van der Waals surface area contributed by atoms with E-state index in [0.29, 0.717) is 6.07 Å². The van der Waals surface area contributed by atoms with Crippen LogP contribution in [0.5, 0.6) is 0 Å². The Kier molecular flexibility index (Phi) is 3.86. The zero-order chi connectivity index (χ0) is 15.6. The van der Waals surface area contributed by atoms with Crippen molar-refractivity contribution in [3.05, 3.63) is 59.4 Å². The Labute approximate surface area is 118 Å². The van der Waals surface area contributed by atoms with Crippen LogP contribution in [0.3, 0.4) is 0 Å². The fraction of sp³-hybridized carbons (Fsp3) is 0. The zero-order valence-corrected chi connectivity index (χ0v) is 11.1. The maximum absolute atomic E-state index is 13.4. The van der Waals surface area contributed by atoms with E-state index in [1.165, 1.54) is 12.1 Å². The van der Waals surface area contributed by atoms with Gasteiger partial charge in [0.05, 0.1) is 22.2 Å². The van der Waals surface area contributed by atoms with Crippen molar-refractivity contribution in [3.8, 4) is 6.07 Å². The summed E-state index contributed by atoms with van der Waals surface area (Å²) in [5, 5.41) is 8.62. The highest BCUT2D eigenvalue weighted by Crippen LogP contribution is 2.22. The first-order valence-corrected chi connectivity index (χ1v) is 6.99. The molecule has 0 amide bonds. The summed E-state index contributed by atoms with van der Waals surface area (Å²) in [6, 6.07) is 7.26. The quantitative estimate of drug-likeness (QED) is 0.886. The van der Waals surface area contributed by atoms with Gasteiger partial charge in [-0.1, -0.05) is 0 Å². The second-order valence-corrected chi connectivity index (χ2v) is 5.67. The molecular formula is C13H7F3N2O2S. The Balaban J connectivity index is 2.37. The van der Waals surface area contributed by atoms with Gasteiger partial charge in [-0.3, -0.25) is 4.72 Å². The van der Waals surface area contributed by atoms with Crippen molar-refractivity contribution in [2.24, 2.45) is 0 Å². The maximum Gasteiger partial charge on any atom is 0.261 e. The summed E-state index contributed by atoms with van der Waals surface area (Å²) in [6.45, 7) is 0. The van der Waals surface area contributed by atoms with Crippen molar-refractivity contribution >= 4 is 15.7 Å². The van der Waals surface area contributed by atoms with Gasteiger partial charge in [-0.05, 0) is 24.3 Å². The minimum Gasteiger partial charge on any atom is -0.277 e. The zero-order valence-electron chi connectivity index (χ0n) is 10.3. The predicted octanol–water partition coefficient (Wildman–Crippen LogP) is 2.78. The van der Waals surface area contributed by atoms with Gasteiger partial charge in [-0.2, -0.15) is 5.26 Å². The Hall–Kier alpha value is -2.53. The van der Waals surface area contributed by atoms with Gasteiger partial charge in [-0.15, -0.1) is 0 Å². The van der Waals surface area contributed by atoms with Crippen LogP contribution in [0.25, 0.3) is 0 Å². The number of nitrogens with zero attached hydrogens (tertiary/aromatic N) is 1. The van der Waals surface area contributed by atoms with Crippen LogP contribution in [0, 0.1) is 28.8 Å². The van der Waals surface area contributed by atoms with Crippen LogP contribution in [0.1, 0.15) is 5.56 Å². The summed E-state index contributed by atoms with van der Waals surface area (Å²) in [4.78, 5) is -0.245. The van der Waals surface area contributed by atoms with Gasteiger partial charge in [0, 0.05) is 12.1 Å². The molecule has 2 rings (SSSR count). The molecule has 0 aliphatic carbocycles.